The third kappa shape index (κ3) is 5.69. The van der Waals surface area contributed by atoms with E-state index in [9.17, 15) is 0 Å². The molecule has 0 spiro atoms. The van der Waals surface area contributed by atoms with Gasteiger partial charge in [-0.05, 0) is 67.2 Å². The summed E-state index contributed by atoms with van der Waals surface area (Å²) in [5.74, 6) is 0.745. The van der Waals surface area contributed by atoms with Crippen molar-refractivity contribution in [3.8, 4) is 0 Å². The number of methoxy groups -OCH3 is 1. The van der Waals surface area contributed by atoms with Gasteiger partial charge in [0.05, 0.1) is 6.10 Å². The molecular weight excluding hydrogens is 394 g/mol. The van der Waals surface area contributed by atoms with Gasteiger partial charge in [-0.1, -0.05) is 33.8 Å². The first-order valence-electron chi connectivity index (χ1n) is 12.9. The highest BCUT2D eigenvalue weighted by molar-refractivity contribution is 5.80. The van der Waals surface area contributed by atoms with E-state index in [1.165, 1.54) is 55.8 Å². The molecule has 2 fully saturated rings. The fourth-order valence-electron chi connectivity index (χ4n) is 5.61. The number of hydrogen-bond acceptors (Lipinski definition) is 4. The first kappa shape index (κ1) is 23.6. The average Bonchev–Trinajstić information content (AvgIpc) is 2.79. The maximum absolute atomic E-state index is 5.60. The molecular formula is C28H45N3O. The lowest BCUT2D eigenvalue weighted by molar-refractivity contribution is 0.0819. The summed E-state index contributed by atoms with van der Waals surface area (Å²) in [7, 11) is 1.85. The highest BCUT2D eigenvalue weighted by Gasteiger charge is 2.27. The fourth-order valence-corrected chi connectivity index (χ4v) is 5.61. The fraction of sp³-hybridized carbons (Fsp3) is 0.714. The number of rotatable bonds is 6. The molecule has 0 unspecified atom stereocenters. The maximum atomic E-state index is 5.60. The van der Waals surface area contributed by atoms with Gasteiger partial charge in [-0.3, -0.25) is 4.90 Å². The van der Waals surface area contributed by atoms with Crippen molar-refractivity contribution in [2.24, 2.45) is 11.3 Å². The third-order valence-electron chi connectivity index (χ3n) is 7.78. The summed E-state index contributed by atoms with van der Waals surface area (Å²) in [6.07, 6.45) is 8.89. The summed E-state index contributed by atoms with van der Waals surface area (Å²) in [6, 6.07) is 7.30. The number of anilines is 2. The summed E-state index contributed by atoms with van der Waals surface area (Å²) >= 11 is 0. The minimum Gasteiger partial charge on any atom is -0.381 e. The van der Waals surface area contributed by atoms with Crippen LogP contribution in [0.25, 0.3) is 5.57 Å². The van der Waals surface area contributed by atoms with Crippen LogP contribution in [0.3, 0.4) is 0 Å². The van der Waals surface area contributed by atoms with Gasteiger partial charge in [0, 0.05) is 69.9 Å². The molecule has 0 aromatic heterocycles. The Morgan fingerprint density at radius 3 is 2.31 bits per heavy atom. The lowest BCUT2D eigenvalue weighted by Gasteiger charge is -2.39. The molecule has 0 radical (unpaired) electrons. The molecule has 0 amide bonds. The van der Waals surface area contributed by atoms with Crippen molar-refractivity contribution in [1.82, 2.24) is 4.90 Å². The largest absolute Gasteiger partial charge is 0.381 e. The number of nitrogens with zero attached hydrogens (tertiary/aromatic N) is 3. The van der Waals surface area contributed by atoms with Crippen molar-refractivity contribution in [2.45, 2.75) is 65.9 Å². The predicted molar refractivity (Wildman–Crippen MR) is 138 cm³/mol. The second-order valence-electron chi connectivity index (χ2n) is 11.4. The third-order valence-corrected chi connectivity index (χ3v) is 7.78. The second-order valence-corrected chi connectivity index (χ2v) is 11.4. The smallest absolute Gasteiger partial charge is 0.0605 e. The van der Waals surface area contributed by atoms with Crippen molar-refractivity contribution in [3.63, 3.8) is 0 Å². The zero-order valence-corrected chi connectivity index (χ0v) is 21.2. The van der Waals surface area contributed by atoms with Crippen LogP contribution >= 0.6 is 0 Å². The topological polar surface area (TPSA) is 19.0 Å². The molecule has 4 nitrogen and oxygen atoms in total. The second kappa shape index (κ2) is 10.2. The molecule has 1 aromatic carbocycles. The van der Waals surface area contributed by atoms with Crippen LogP contribution in [0.2, 0.25) is 0 Å². The lowest BCUT2D eigenvalue weighted by Crippen LogP contribution is -2.47. The van der Waals surface area contributed by atoms with Crippen LogP contribution in [0, 0.1) is 11.3 Å². The number of piperidine rings is 1. The molecule has 178 valence electrons. The Hall–Kier alpha value is -1.52. The first-order chi connectivity index (χ1) is 15.3. The quantitative estimate of drug-likeness (QED) is 0.568. The molecule has 0 atom stereocenters. The highest BCUT2D eigenvalue weighted by Crippen LogP contribution is 2.42. The predicted octanol–water partition coefficient (Wildman–Crippen LogP) is 5.67. The highest BCUT2D eigenvalue weighted by atomic mass is 16.5. The molecule has 0 N–H and O–H groups in total. The molecule has 3 aliphatic rings. The zero-order chi connectivity index (χ0) is 22.7. The van der Waals surface area contributed by atoms with Gasteiger partial charge in [0.2, 0.25) is 0 Å². The maximum Gasteiger partial charge on any atom is 0.0605 e. The van der Waals surface area contributed by atoms with E-state index in [-0.39, 0.29) is 0 Å². The number of hydrogen-bond donors (Lipinski definition) is 0. The van der Waals surface area contributed by atoms with E-state index in [2.05, 4.69) is 66.7 Å². The molecule has 2 aliphatic heterocycles. The molecule has 0 saturated carbocycles. The molecule has 32 heavy (non-hydrogen) atoms. The van der Waals surface area contributed by atoms with Crippen LogP contribution in [0.1, 0.15) is 65.4 Å². The Labute approximate surface area is 196 Å². The van der Waals surface area contributed by atoms with Crippen molar-refractivity contribution in [3.05, 3.63) is 29.8 Å². The van der Waals surface area contributed by atoms with Gasteiger partial charge < -0.3 is 14.5 Å². The SMILES string of the molecule is COC1CCN(c2ccc(N3CCN(CC(C)C)CC3)c(C3=CCC(C)(C)CC3)c2)CC1. The Balaban J connectivity index is 1.56. The van der Waals surface area contributed by atoms with Crippen molar-refractivity contribution in [1.29, 1.82) is 0 Å². The van der Waals surface area contributed by atoms with Crippen LogP contribution in [-0.4, -0.2) is 63.9 Å². The van der Waals surface area contributed by atoms with E-state index in [4.69, 9.17) is 4.74 Å². The summed E-state index contributed by atoms with van der Waals surface area (Å²) in [4.78, 5) is 7.85. The Kier molecular flexibility index (Phi) is 7.51. The van der Waals surface area contributed by atoms with Gasteiger partial charge in [-0.25, -0.2) is 0 Å². The van der Waals surface area contributed by atoms with Gasteiger partial charge in [-0.15, -0.1) is 0 Å². The van der Waals surface area contributed by atoms with Gasteiger partial charge in [0.15, 0.2) is 0 Å². The zero-order valence-electron chi connectivity index (χ0n) is 21.2. The lowest BCUT2D eigenvalue weighted by atomic mass is 9.76. The molecule has 2 heterocycles. The van der Waals surface area contributed by atoms with Crippen LogP contribution in [-0.2, 0) is 4.74 Å². The Morgan fingerprint density at radius 2 is 1.72 bits per heavy atom. The summed E-state index contributed by atoms with van der Waals surface area (Å²) in [5.41, 5.74) is 6.34. The molecule has 2 saturated heterocycles. The van der Waals surface area contributed by atoms with E-state index in [1.54, 1.807) is 5.57 Å². The van der Waals surface area contributed by atoms with Crippen molar-refractivity contribution < 1.29 is 4.74 Å². The number of allylic oxidation sites excluding steroid dienone is 2. The van der Waals surface area contributed by atoms with Crippen LogP contribution in [0.4, 0.5) is 11.4 Å². The molecule has 4 rings (SSSR count). The van der Waals surface area contributed by atoms with Gasteiger partial charge in [-0.2, -0.15) is 0 Å². The average molecular weight is 440 g/mol. The van der Waals surface area contributed by atoms with E-state index in [0.29, 0.717) is 11.5 Å². The Bertz CT molecular complexity index is 784. The van der Waals surface area contributed by atoms with E-state index in [1.807, 2.05) is 7.11 Å². The summed E-state index contributed by atoms with van der Waals surface area (Å²) in [5, 5.41) is 0. The molecule has 1 aromatic rings. The van der Waals surface area contributed by atoms with E-state index < -0.39 is 0 Å². The Morgan fingerprint density at radius 1 is 1.00 bits per heavy atom. The summed E-state index contributed by atoms with van der Waals surface area (Å²) in [6.45, 7) is 17.5. The number of piperazine rings is 1. The van der Waals surface area contributed by atoms with Crippen LogP contribution < -0.4 is 9.80 Å². The normalized spacial score (nSPS) is 23.0. The minimum atomic E-state index is 0.426. The van der Waals surface area contributed by atoms with Gasteiger partial charge in [0.25, 0.3) is 0 Å². The monoisotopic (exact) mass is 439 g/mol. The van der Waals surface area contributed by atoms with Crippen LogP contribution in [0.5, 0.6) is 0 Å². The molecule has 1 aliphatic carbocycles. The summed E-state index contributed by atoms with van der Waals surface area (Å²) < 4.78 is 5.60. The van der Waals surface area contributed by atoms with E-state index >= 15 is 0 Å². The van der Waals surface area contributed by atoms with Crippen molar-refractivity contribution >= 4 is 16.9 Å². The molecule has 0 bridgehead atoms. The standard InChI is InChI=1S/C28H45N3O/c1-22(2)21-29-16-18-31(19-17-29)27-7-6-24(30-14-10-25(32-5)11-15-30)20-26(27)23-8-12-28(3,4)13-9-23/h6-8,20,22,25H,9-19,21H2,1-5H3. The van der Waals surface area contributed by atoms with Crippen LogP contribution in [0.15, 0.2) is 24.3 Å². The van der Waals surface area contributed by atoms with Crippen molar-refractivity contribution in [2.75, 3.05) is 62.7 Å². The molecule has 4 heteroatoms. The first-order valence-corrected chi connectivity index (χ1v) is 12.9. The van der Waals surface area contributed by atoms with E-state index in [0.717, 1.165) is 44.9 Å². The number of ether oxygens (including phenoxy) is 1. The number of benzene rings is 1. The van der Waals surface area contributed by atoms with Gasteiger partial charge in [0.1, 0.15) is 0 Å². The van der Waals surface area contributed by atoms with Gasteiger partial charge >= 0.3 is 0 Å². The minimum absolute atomic E-state index is 0.426.